The number of hydrogen-bond acceptors (Lipinski definition) is 6. The lowest BCUT2D eigenvalue weighted by molar-refractivity contribution is -0.00775. The van der Waals surface area contributed by atoms with Gasteiger partial charge in [-0.1, -0.05) is 0 Å². The average Bonchev–Trinajstić information content (AvgIpc) is 2.86. The van der Waals surface area contributed by atoms with Crippen LogP contribution in [0.5, 0.6) is 0 Å². The van der Waals surface area contributed by atoms with Gasteiger partial charge in [-0.3, -0.25) is 9.48 Å². The molecule has 0 aromatic carbocycles. The van der Waals surface area contributed by atoms with Crippen LogP contribution >= 0.6 is 0 Å². The number of sulfonamides is 1. The Hall–Kier alpha value is -2.04. The van der Waals surface area contributed by atoms with Crippen LogP contribution in [0, 0.1) is 13.8 Å². The smallest absolute Gasteiger partial charge is 0.251 e. The number of ether oxygens (including phenoxy) is 1. The van der Waals surface area contributed by atoms with Crippen LogP contribution in [0.25, 0.3) is 0 Å². The summed E-state index contributed by atoms with van der Waals surface area (Å²) in [7, 11) is -2.01. The summed E-state index contributed by atoms with van der Waals surface area (Å²) in [6, 6.07) is 1.37. The Morgan fingerprint density at radius 1 is 1.38 bits per heavy atom. The molecule has 10 heteroatoms. The Morgan fingerprint density at radius 3 is 2.75 bits per heavy atom. The topological polar surface area (TPSA) is 110 Å². The third-order valence-corrected chi connectivity index (χ3v) is 5.78. The highest BCUT2D eigenvalue weighted by Crippen LogP contribution is 2.25. The zero-order chi connectivity index (χ0) is 17.5. The molecule has 130 valence electrons. The molecule has 3 rings (SSSR count). The van der Waals surface area contributed by atoms with Gasteiger partial charge in [-0.05, 0) is 13.8 Å². The van der Waals surface area contributed by atoms with Crippen LogP contribution in [-0.4, -0.2) is 52.2 Å². The fourth-order valence-electron chi connectivity index (χ4n) is 2.73. The molecular formula is C14H19N5O4S. The van der Waals surface area contributed by atoms with Gasteiger partial charge in [-0.15, -0.1) is 0 Å². The minimum Gasteiger partial charge on any atom is -0.368 e. The number of morpholine rings is 1. The molecule has 9 nitrogen and oxygen atoms in total. The molecule has 1 N–H and O–H groups in total. The van der Waals surface area contributed by atoms with E-state index in [1.807, 2.05) is 0 Å². The van der Waals surface area contributed by atoms with Gasteiger partial charge >= 0.3 is 0 Å². The van der Waals surface area contributed by atoms with E-state index in [1.54, 1.807) is 20.9 Å². The molecule has 2 aromatic rings. The van der Waals surface area contributed by atoms with Gasteiger partial charge in [-0.25, -0.2) is 13.4 Å². The lowest BCUT2D eigenvalue weighted by Gasteiger charge is -2.31. The van der Waals surface area contributed by atoms with Crippen LogP contribution in [0.3, 0.4) is 0 Å². The van der Waals surface area contributed by atoms with Gasteiger partial charge in [0.2, 0.25) is 10.0 Å². The van der Waals surface area contributed by atoms with Crippen LogP contribution in [0.2, 0.25) is 0 Å². The molecule has 1 atom stereocenters. The largest absolute Gasteiger partial charge is 0.368 e. The molecule has 24 heavy (non-hydrogen) atoms. The molecule has 2 aromatic heterocycles. The third kappa shape index (κ3) is 3.12. The first-order chi connectivity index (χ1) is 11.3. The number of aromatic nitrogens is 4. The normalized spacial score (nSPS) is 19.5. The second-order valence-electron chi connectivity index (χ2n) is 5.75. The van der Waals surface area contributed by atoms with Gasteiger partial charge < -0.3 is 9.72 Å². The third-order valence-electron chi connectivity index (χ3n) is 3.81. The lowest BCUT2D eigenvalue weighted by Crippen LogP contribution is -2.43. The number of nitrogens with zero attached hydrogens (tertiary/aromatic N) is 4. The molecular weight excluding hydrogens is 334 g/mol. The van der Waals surface area contributed by atoms with E-state index in [4.69, 9.17) is 4.74 Å². The maximum atomic E-state index is 12.9. The molecule has 0 bridgehead atoms. The molecule has 0 aliphatic carbocycles. The van der Waals surface area contributed by atoms with Gasteiger partial charge in [0.1, 0.15) is 16.8 Å². The first-order valence-electron chi connectivity index (χ1n) is 7.47. The maximum Gasteiger partial charge on any atom is 0.251 e. The summed E-state index contributed by atoms with van der Waals surface area (Å²) in [6.07, 6.45) is 0.875. The maximum absolute atomic E-state index is 12.9. The number of aryl methyl sites for hydroxylation is 3. The number of H-pyrrole nitrogens is 1. The second-order valence-corrected chi connectivity index (χ2v) is 7.65. The summed E-state index contributed by atoms with van der Waals surface area (Å²) in [4.78, 5) is 18.6. The van der Waals surface area contributed by atoms with Gasteiger partial charge in [0.15, 0.2) is 0 Å². The van der Waals surface area contributed by atoms with E-state index in [1.165, 1.54) is 21.3 Å². The van der Waals surface area contributed by atoms with Crippen LogP contribution in [0.15, 0.2) is 22.0 Å². The first kappa shape index (κ1) is 16.8. The van der Waals surface area contributed by atoms with Crippen molar-refractivity contribution in [2.45, 2.75) is 24.8 Å². The van der Waals surface area contributed by atoms with E-state index in [2.05, 4.69) is 15.1 Å². The molecule has 0 unspecified atom stereocenters. The van der Waals surface area contributed by atoms with Crippen LogP contribution in [0.1, 0.15) is 23.3 Å². The molecule has 1 saturated heterocycles. The minimum absolute atomic E-state index is 0.0864. The van der Waals surface area contributed by atoms with E-state index in [-0.39, 0.29) is 30.2 Å². The lowest BCUT2D eigenvalue weighted by atomic mass is 10.3. The highest BCUT2D eigenvalue weighted by molar-refractivity contribution is 7.89. The van der Waals surface area contributed by atoms with Crippen LogP contribution in [0.4, 0.5) is 0 Å². The predicted molar refractivity (Wildman–Crippen MR) is 85.0 cm³/mol. The van der Waals surface area contributed by atoms with Crippen molar-refractivity contribution >= 4 is 10.0 Å². The van der Waals surface area contributed by atoms with E-state index in [0.717, 1.165) is 0 Å². The summed E-state index contributed by atoms with van der Waals surface area (Å²) < 4.78 is 34.1. The zero-order valence-electron chi connectivity index (χ0n) is 13.7. The zero-order valence-corrected chi connectivity index (χ0v) is 14.5. The Morgan fingerprint density at radius 2 is 2.12 bits per heavy atom. The molecule has 1 aliphatic heterocycles. The Kier molecular flexibility index (Phi) is 4.28. The standard InChI is InChI=1S/C14H19N5O4S/c1-9-6-13(20)16-14(15-9)11-7-19(4-5-23-11)24(21,22)12-8-18(3)17-10(12)2/h6,8,11H,4-5,7H2,1-3H3,(H,15,16,20)/t11-/m0/s1. The summed E-state index contributed by atoms with van der Waals surface area (Å²) in [6.45, 7) is 3.91. The van der Waals surface area contributed by atoms with Crippen molar-refractivity contribution in [3.63, 3.8) is 0 Å². The summed E-state index contributed by atoms with van der Waals surface area (Å²) in [5, 5.41) is 4.09. The van der Waals surface area contributed by atoms with Crippen molar-refractivity contribution in [1.29, 1.82) is 0 Å². The molecule has 0 saturated carbocycles. The summed E-state index contributed by atoms with van der Waals surface area (Å²) in [5.74, 6) is 0.336. The molecule has 0 radical (unpaired) electrons. The van der Waals surface area contributed by atoms with Crippen LogP contribution < -0.4 is 5.56 Å². The molecule has 3 heterocycles. The number of rotatable bonds is 3. The Labute approximate surface area is 139 Å². The van der Waals surface area contributed by atoms with E-state index in [9.17, 15) is 13.2 Å². The minimum atomic E-state index is -3.68. The quantitative estimate of drug-likeness (QED) is 0.824. The monoisotopic (exact) mass is 353 g/mol. The fourth-order valence-corrected chi connectivity index (χ4v) is 4.36. The van der Waals surface area contributed by atoms with E-state index in [0.29, 0.717) is 17.2 Å². The highest BCUT2D eigenvalue weighted by Gasteiger charge is 2.34. The molecule has 0 amide bonds. The van der Waals surface area contributed by atoms with Crippen molar-refractivity contribution in [3.8, 4) is 0 Å². The molecule has 1 aliphatic rings. The Balaban J connectivity index is 1.90. The van der Waals surface area contributed by atoms with E-state index >= 15 is 0 Å². The number of nitrogens with one attached hydrogen (secondary N) is 1. The SMILES string of the molecule is Cc1cc(=O)[nH]c([C@@H]2CN(S(=O)(=O)c3cn(C)nc3C)CCO2)n1. The fraction of sp³-hybridized carbons (Fsp3) is 0.500. The van der Waals surface area contributed by atoms with Crippen molar-refractivity contribution < 1.29 is 13.2 Å². The van der Waals surface area contributed by atoms with Gasteiger partial charge in [0.05, 0.1) is 12.3 Å². The van der Waals surface area contributed by atoms with Crippen molar-refractivity contribution in [2.24, 2.45) is 7.05 Å². The molecule has 1 fully saturated rings. The molecule has 0 spiro atoms. The average molecular weight is 353 g/mol. The predicted octanol–water partition coefficient (Wildman–Crippen LogP) is -0.118. The van der Waals surface area contributed by atoms with Crippen molar-refractivity contribution in [3.05, 3.63) is 39.8 Å². The van der Waals surface area contributed by atoms with Gasteiger partial charge in [0, 0.05) is 38.1 Å². The van der Waals surface area contributed by atoms with E-state index < -0.39 is 16.1 Å². The summed E-state index contributed by atoms with van der Waals surface area (Å²) in [5.41, 5.74) is 0.715. The highest BCUT2D eigenvalue weighted by atomic mass is 32.2. The first-order valence-corrected chi connectivity index (χ1v) is 8.91. The Bertz CT molecular complexity index is 917. The van der Waals surface area contributed by atoms with Gasteiger partial charge in [0.25, 0.3) is 5.56 Å². The van der Waals surface area contributed by atoms with Gasteiger partial charge in [-0.2, -0.15) is 9.40 Å². The number of aromatic amines is 1. The van der Waals surface area contributed by atoms with Crippen molar-refractivity contribution in [1.82, 2.24) is 24.1 Å². The second kappa shape index (κ2) is 6.11. The summed E-state index contributed by atoms with van der Waals surface area (Å²) >= 11 is 0. The van der Waals surface area contributed by atoms with Crippen molar-refractivity contribution in [2.75, 3.05) is 19.7 Å². The van der Waals surface area contributed by atoms with Crippen LogP contribution in [-0.2, 0) is 21.8 Å². The number of hydrogen-bond donors (Lipinski definition) is 1.